The van der Waals surface area contributed by atoms with Crippen LogP contribution in [0.3, 0.4) is 0 Å². The zero-order valence-electron chi connectivity index (χ0n) is 21.3. The molecule has 3 aromatic carbocycles. The highest BCUT2D eigenvalue weighted by atomic mass is 35.5. The molecule has 8 heteroatoms. The second kappa shape index (κ2) is 10.5. The maximum Gasteiger partial charge on any atom is 0.261 e. The third-order valence-corrected chi connectivity index (χ3v) is 8.37. The van der Waals surface area contributed by atoms with Crippen LogP contribution in [-0.4, -0.2) is 46.2 Å². The smallest absolute Gasteiger partial charge is 0.261 e. The van der Waals surface area contributed by atoms with E-state index in [2.05, 4.69) is 0 Å². The van der Waals surface area contributed by atoms with E-state index in [1.807, 2.05) is 17.0 Å². The highest BCUT2D eigenvalue weighted by Crippen LogP contribution is 2.40. The maximum absolute atomic E-state index is 13.3. The number of hydrogen-bond acceptors (Lipinski definition) is 4. The van der Waals surface area contributed by atoms with Gasteiger partial charge in [-0.25, -0.2) is 4.39 Å². The first-order valence-corrected chi connectivity index (χ1v) is 13.7. The Morgan fingerprint density at radius 3 is 2.21 bits per heavy atom. The summed E-state index contributed by atoms with van der Waals surface area (Å²) in [6, 6.07) is 18.8. The zero-order chi connectivity index (χ0) is 27.1. The van der Waals surface area contributed by atoms with E-state index in [0.717, 1.165) is 37.7 Å². The lowest BCUT2D eigenvalue weighted by atomic mass is 9.86. The number of halogens is 2. The van der Waals surface area contributed by atoms with Crippen LogP contribution in [0.4, 0.5) is 4.39 Å². The molecule has 0 saturated carbocycles. The molecule has 3 aliphatic rings. The molecule has 0 N–H and O–H groups in total. The van der Waals surface area contributed by atoms with Crippen LogP contribution in [0, 0.1) is 11.7 Å². The monoisotopic (exact) mass is 546 g/mol. The van der Waals surface area contributed by atoms with Crippen LogP contribution in [0.25, 0.3) is 0 Å². The fraction of sp³-hybridized carbons (Fsp3) is 0.323. The van der Waals surface area contributed by atoms with Crippen molar-refractivity contribution < 1.29 is 23.5 Å². The van der Waals surface area contributed by atoms with Gasteiger partial charge in [-0.3, -0.25) is 19.3 Å². The molecule has 2 fully saturated rings. The Kier molecular flexibility index (Phi) is 6.85. The van der Waals surface area contributed by atoms with Crippen molar-refractivity contribution >= 4 is 29.3 Å². The van der Waals surface area contributed by atoms with Crippen LogP contribution in [0.2, 0.25) is 5.02 Å². The molecule has 6 rings (SSSR count). The summed E-state index contributed by atoms with van der Waals surface area (Å²) in [6.45, 7) is -0.136. The second-order valence-electron chi connectivity index (χ2n) is 10.6. The van der Waals surface area contributed by atoms with Crippen LogP contribution in [0.15, 0.2) is 66.7 Å². The predicted octanol–water partition coefficient (Wildman–Crippen LogP) is 5.67. The van der Waals surface area contributed by atoms with E-state index < -0.39 is 0 Å². The molecule has 3 amide bonds. The van der Waals surface area contributed by atoms with Crippen LogP contribution >= 0.6 is 11.6 Å². The molecule has 0 radical (unpaired) electrons. The van der Waals surface area contributed by atoms with Gasteiger partial charge >= 0.3 is 0 Å². The molecule has 0 aromatic heterocycles. The zero-order valence-corrected chi connectivity index (χ0v) is 22.1. The number of nitrogens with zero attached hydrogens (tertiary/aromatic N) is 2. The van der Waals surface area contributed by atoms with Gasteiger partial charge in [0, 0.05) is 22.7 Å². The van der Waals surface area contributed by atoms with E-state index in [-0.39, 0.29) is 48.8 Å². The lowest BCUT2D eigenvalue weighted by Gasteiger charge is -2.39. The van der Waals surface area contributed by atoms with E-state index >= 15 is 0 Å². The van der Waals surface area contributed by atoms with Crippen LogP contribution in [-0.2, 0) is 17.8 Å². The van der Waals surface area contributed by atoms with E-state index in [1.165, 1.54) is 17.0 Å². The summed E-state index contributed by atoms with van der Waals surface area (Å²) >= 11 is 6.24. The van der Waals surface area contributed by atoms with Gasteiger partial charge in [0.25, 0.3) is 17.7 Å². The minimum atomic E-state index is -0.363. The number of carbonyl (C=O) groups excluding carboxylic acids is 3. The molecule has 2 atom stereocenters. The number of benzene rings is 3. The number of ether oxygens (including phenoxy) is 1. The summed E-state index contributed by atoms with van der Waals surface area (Å²) in [5, 5.41) is 0.446. The van der Waals surface area contributed by atoms with Crippen molar-refractivity contribution in [2.45, 2.75) is 50.7 Å². The number of carbonyl (C=O) groups is 3. The average Bonchev–Trinajstić information content (AvgIpc) is 3.34. The Bertz CT molecular complexity index is 1390. The van der Waals surface area contributed by atoms with E-state index in [0.29, 0.717) is 33.4 Å². The Morgan fingerprint density at radius 1 is 0.923 bits per heavy atom. The number of rotatable bonds is 7. The van der Waals surface area contributed by atoms with E-state index in [9.17, 15) is 18.8 Å². The summed E-state index contributed by atoms with van der Waals surface area (Å²) < 4.78 is 19.3. The SMILES string of the molecule is O=C1c2ccccc2C(=O)N1Cc1cc(Cl)ccc1OCC(=O)N1C2CCC1CC(Cc1ccc(F)cc1)C2. The molecule has 3 aliphatic heterocycles. The van der Waals surface area contributed by atoms with Crippen LogP contribution in [0.5, 0.6) is 5.75 Å². The molecule has 0 spiro atoms. The predicted molar refractivity (Wildman–Crippen MR) is 144 cm³/mol. The van der Waals surface area contributed by atoms with Gasteiger partial charge in [0.2, 0.25) is 0 Å². The van der Waals surface area contributed by atoms with Crippen molar-refractivity contribution in [1.29, 1.82) is 0 Å². The first kappa shape index (κ1) is 25.6. The maximum atomic E-state index is 13.3. The van der Waals surface area contributed by atoms with Crippen molar-refractivity contribution in [1.82, 2.24) is 9.80 Å². The van der Waals surface area contributed by atoms with Gasteiger partial charge < -0.3 is 9.64 Å². The molecule has 2 saturated heterocycles. The van der Waals surface area contributed by atoms with Gasteiger partial charge in [-0.1, -0.05) is 35.9 Å². The van der Waals surface area contributed by atoms with Gasteiger partial charge in [0.15, 0.2) is 6.61 Å². The van der Waals surface area contributed by atoms with E-state index in [1.54, 1.807) is 42.5 Å². The number of hydrogen-bond donors (Lipinski definition) is 0. The molecule has 0 aliphatic carbocycles. The summed E-state index contributed by atoms with van der Waals surface area (Å²) in [4.78, 5) is 42.2. The van der Waals surface area contributed by atoms with Gasteiger partial charge in [-0.05, 0) is 86.1 Å². The van der Waals surface area contributed by atoms with E-state index in [4.69, 9.17) is 16.3 Å². The summed E-state index contributed by atoms with van der Waals surface area (Å²) in [7, 11) is 0. The van der Waals surface area contributed by atoms with Gasteiger partial charge in [-0.2, -0.15) is 0 Å². The Morgan fingerprint density at radius 2 is 1.56 bits per heavy atom. The minimum Gasteiger partial charge on any atom is -0.483 e. The Labute approximate surface area is 231 Å². The molecule has 2 unspecified atom stereocenters. The third kappa shape index (κ3) is 5.03. The van der Waals surface area contributed by atoms with Crippen molar-refractivity contribution in [2.24, 2.45) is 5.92 Å². The van der Waals surface area contributed by atoms with Crippen molar-refractivity contribution in [3.8, 4) is 5.75 Å². The molecular formula is C31H28ClFN2O4. The molecule has 3 heterocycles. The Balaban J connectivity index is 1.10. The standard InChI is InChI=1S/C31H28ClFN2O4/c32-22-7-12-28(21(16-22)17-34-30(37)26-3-1-2-4-27(26)31(34)38)39-18-29(36)35-24-10-11-25(35)15-20(14-24)13-19-5-8-23(33)9-6-19/h1-9,12,16,20,24-25H,10-11,13-15,17-18H2. The molecular weight excluding hydrogens is 519 g/mol. The molecule has 6 nitrogen and oxygen atoms in total. The summed E-state index contributed by atoms with van der Waals surface area (Å²) in [5.41, 5.74) is 2.43. The fourth-order valence-corrected chi connectivity index (χ4v) is 6.59. The molecule has 200 valence electrons. The topological polar surface area (TPSA) is 66.9 Å². The lowest BCUT2D eigenvalue weighted by molar-refractivity contribution is -0.138. The van der Waals surface area contributed by atoms with Crippen molar-refractivity contribution in [3.05, 3.63) is 99.8 Å². The van der Waals surface area contributed by atoms with Gasteiger partial charge in [0.1, 0.15) is 11.6 Å². The average molecular weight is 547 g/mol. The highest BCUT2D eigenvalue weighted by Gasteiger charge is 2.43. The third-order valence-electron chi connectivity index (χ3n) is 8.14. The number of amides is 3. The largest absolute Gasteiger partial charge is 0.483 e. The van der Waals surface area contributed by atoms with Crippen molar-refractivity contribution in [3.63, 3.8) is 0 Å². The first-order chi connectivity index (χ1) is 18.9. The quantitative estimate of drug-likeness (QED) is 0.358. The van der Waals surface area contributed by atoms with Gasteiger partial charge in [-0.15, -0.1) is 0 Å². The molecule has 39 heavy (non-hydrogen) atoms. The Hall–Kier alpha value is -3.71. The number of piperidine rings is 1. The fourth-order valence-electron chi connectivity index (χ4n) is 6.40. The summed E-state index contributed by atoms with van der Waals surface area (Å²) in [6.07, 6.45) is 4.68. The highest BCUT2D eigenvalue weighted by molar-refractivity contribution is 6.30. The van der Waals surface area contributed by atoms with Crippen LogP contribution in [0.1, 0.15) is 57.5 Å². The van der Waals surface area contributed by atoms with Crippen LogP contribution < -0.4 is 4.74 Å². The molecule has 3 aromatic rings. The molecule has 2 bridgehead atoms. The number of imide groups is 1. The van der Waals surface area contributed by atoms with Crippen molar-refractivity contribution in [2.75, 3.05) is 6.61 Å². The lowest BCUT2D eigenvalue weighted by Crippen LogP contribution is -2.48. The normalized spacial score (nSPS) is 21.8. The van der Waals surface area contributed by atoms with Gasteiger partial charge in [0.05, 0.1) is 17.7 Å². The number of fused-ring (bicyclic) bond motifs is 3. The minimum absolute atomic E-state index is 0.00351. The summed E-state index contributed by atoms with van der Waals surface area (Å²) in [5.74, 6) is -0.144. The first-order valence-electron chi connectivity index (χ1n) is 13.3. The second-order valence-corrected chi connectivity index (χ2v) is 11.1.